The summed E-state index contributed by atoms with van der Waals surface area (Å²) in [7, 11) is 0. The van der Waals surface area contributed by atoms with E-state index in [-0.39, 0.29) is 12.5 Å². The number of pyridine rings is 1. The van der Waals surface area contributed by atoms with Crippen molar-refractivity contribution in [2.45, 2.75) is 39.0 Å². The van der Waals surface area contributed by atoms with Crippen LogP contribution in [-0.4, -0.2) is 29.8 Å². The molecule has 112 valence electrons. The molecular weight excluding hydrogens is 248 g/mol. The zero-order valence-electron chi connectivity index (χ0n) is 12.6. The van der Waals surface area contributed by atoms with Crippen LogP contribution in [0.1, 0.15) is 38.3 Å². The summed E-state index contributed by atoms with van der Waals surface area (Å²) in [5.74, 6) is 1.98. The van der Waals surface area contributed by atoms with Crippen LogP contribution in [0, 0.1) is 17.8 Å². The van der Waals surface area contributed by atoms with Crippen molar-refractivity contribution < 1.29 is 5.11 Å². The Labute approximate surface area is 122 Å². The molecule has 3 heteroatoms. The van der Waals surface area contributed by atoms with Crippen LogP contribution in [0.15, 0.2) is 24.4 Å². The van der Waals surface area contributed by atoms with Gasteiger partial charge in [0.2, 0.25) is 0 Å². The first-order chi connectivity index (χ1) is 9.78. The van der Waals surface area contributed by atoms with Crippen molar-refractivity contribution in [3.8, 4) is 0 Å². The van der Waals surface area contributed by atoms with E-state index in [1.165, 1.54) is 25.7 Å². The molecule has 1 heterocycles. The largest absolute Gasteiger partial charge is 0.396 e. The van der Waals surface area contributed by atoms with Crippen LogP contribution in [0.25, 0.3) is 0 Å². The summed E-state index contributed by atoms with van der Waals surface area (Å²) in [4.78, 5) is 4.34. The fourth-order valence-corrected chi connectivity index (χ4v) is 3.25. The van der Waals surface area contributed by atoms with E-state index in [0.29, 0.717) is 0 Å². The molecule has 3 atom stereocenters. The lowest BCUT2D eigenvalue weighted by atomic mass is 9.82. The van der Waals surface area contributed by atoms with Gasteiger partial charge in [0.1, 0.15) is 0 Å². The van der Waals surface area contributed by atoms with E-state index in [1.807, 2.05) is 24.4 Å². The van der Waals surface area contributed by atoms with Gasteiger partial charge < -0.3 is 10.4 Å². The zero-order valence-corrected chi connectivity index (χ0v) is 12.6. The number of hydrogen-bond acceptors (Lipinski definition) is 3. The van der Waals surface area contributed by atoms with E-state index in [0.717, 1.165) is 37.0 Å². The molecule has 1 aromatic rings. The Bertz CT molecular complexity index is 369. The monoisotopic (exact) mass is 276 g/mol. The summed E-state index contributed by atoms with van der Waals surface area (Å²) in [6.07, 6.45) is 8.17. The van der Waals surface area contributed by atoms with Gasteiger partial charge in [-0.3, -0.25) is 4.98 Å². The molecule has 0 aliphatic heterocycles. The molecule has 1 saturated carbocycles. The van der Waals surface area contributed by atoms with E-state index in [2.05, 4.69) is 17.2 Å². The third-order valence-corrected chi connectivity index (χ3v) is 4.39. The SMILES string of the molecule is CC1CCCC(CNCC(CO)Cc2ccccn2)C1. The number of nitrogens with one attached hydrogen (secondary N) is 1. The van der Waals surface area contributed by atoms with Crippen LogP contribution in [0.3, 0.4) is 0 Å². The van der Waals surface area contributed by atoms with Crippen LogP contribution in [0.2, 0.25) is 0 Å². The Morgan fingerprint density at radius 2 is 2.30 bits per heavy atom. The second-order valence-electron chi connectivity index (χ2n) is 6.37. The minimum Gasteiger partial charge on any atom is -0.396 e. The van der Waals surface area contributed by atoms with E-state index >= 15 is 0 Å². The second-order valence-corrected chi connectivity index (χ2v) is 6.37. The molecule has 0 amide bonds. The van der Waals surface area contributed by atoms with Crippen LogP contribution < -0.4 is 5.32 Å². The highest BCUT2D eigenvalue weighted by atomic mass is 16.3. The van der Waals surface area contributed by atoms with E-state index < -0.39 is 0 Å². The highest BCUT2D eigenvalue weighted by molar-refractivity contribution is 5.04. The van der Waals surface area contributed by atoms with Crippen molar-refractivity contribution in [3.63, 3.8) is 0 Å². The maximum absolute atomic E-state index is 9.50. The zero-order chi connectivity index (χ0) is 14.2. The first-order valence-electron chi connectivity index (χ1n) is 7.99. The molecule has 0 bridgehead atoms. The predicted molar refractivity (Wildman–Crippen MR) is 82.5 cm³/mol. The lowest BCUT2D eigenvalue weighted by Crippen LogP contribution is -2.32. The lowest BCUT2D eigenvalue weighted by molar-refractivity contribution is 0.213. The van der Waals surface area contributed by atoms with Crippen molar-refractivity contribution in [1.29, 1.82) is 0 Å². The standard InChI is InChI=1S/C17H28N2O/c1-14-5-4-6-15(9-14)11-18-12-16(13-20)10-17-7-2-3-8-19-17/h2-3,7-8,14-16,18,20H,4-6,9-13H2,1H3. The molecule has 20 heavy (non-hydrogen) atoms. The summed E-state index contributed by atoms with van der Waals surface area (Å²) < 4.78 is 0. The minimum absolute atomic E-state index is 0.227. The number of aromatic nitrogens is 1. The minimum atomic E-state index is 0.227. The van der Waals surface area contributed by atoms with Gasteiger partial charge in [-0.2, -0.15) is 0 Å². The van der Waals surface area contributed by atoms with Gasteiger partial charge in [0.15, 0.2) is 0 Å². The molecule has 1 aliphatic rings. The maximum Gasteiger partial charge on any atom is 0.0475 e. The predicted octanol–water partition coefficient (Wildman–Crippen LogP) is 2.65. The molecule has 0 saturated heterocycles. The van der Waals surface area contributed by atoms with Gasteiger partial charge in [0, 0.05) is 25.0 Å². The van der Waals surface area contributed by atoms with Gasteiger partial charge in [-0.05, 0) is 55.7 Å². The fraction of sp³-hybridized carbons (Fsp3) is 0.706. The first-order valence-corrected chi connectivity index (χ1v) is 7.99. The van der Waals surface area contributed by atoms with Gasteiger partial charge in [-0.15, -0.1) is 0 Å². The Balaban J connectivity index is 1.68. The molecule has 1 aliphatic carbocycles. The Hall–Kier alpha value is -0.930. The summed E-state index contributed by atoms with van der Waals surface area (Å²) in [6, 6.07) is 5.97. The molecular formula is C17H28N2O. The van der Waals surface area contributed by atoms with Gasteiger partial charge >= 0.3 is 0 Å². The topological polar surface area (TPSA) is 45.1 Å². The van der Waals surface area contributed by atoms with Crippen molar-refractivity contribution in [2.24, 2.45) is 17.8 Å². The van der Waals surface area contributed by atoms with Gasteiger partial charge in [-0.1, -0.05) is 25.8 Å². The second kappa shape index (κ2) is 8.38. The maximum atomic E-state index is 9.50. The normalized spacial score (nSPS) is 24.5. The molecule has 0 aromatic carbocycles. The molecule has 1 aromatic heterocycles. The number of aliphatic hydroxyl groups excluding tert-OH is 1. The smallest absolute Gasteiger partial charge is 0.0475 e. The van der Waals surface area contributed by atoms with Crippen LogP contribution in [-0.2, 0) is 6.42 Å². The highest BCUT2D eigenvalue weighted by Crippen LogP contribution is 2.27. The van der Waals surface area contributed by atoms with Crippen LogP contribution in [0.4, 0.5) is 0 Å². The number of rotatable bonds is 7. The summed E-state index contributed by atoms with van der Waals surface area (Å²) in [5, 5.41) is 13.1. The summed E-state index contributed by atoms with van der Waals surface area (Å²) in [6.45, 7) is 4.58. The fourth-order valence-electron chi connectivity index (χ4n) is 3.25. The Kier molecular flexibility index (Phi) is 6.48. The highest BCUT2D eigenvalue weighted by Gasteiger charge is 2.18. The third-order valence-electron chi connectivity index (χ3n) is 4.39. The molecule has 3 unspecified atom stereocenters. The van der Waals surface area contributed by atoms with Crippen molar-refractivity contribution in [2.75, 3.05) is 19.7 Å². The number of nitrogens with zero attached hydrogens (tertiary/aromatic N) is 1. The summed E-state index contributed by atoms with van der Waals surface area (Å²) in [5.41, 5.74) is 1.07. The average Bonchev–Trinajstić information content (AvgIpc) is 2.47. The lowest BCUT2D eigenvalue weighted by Gasteiger charge is -2.27. The third kappa shape index (κ3) is 5.22. The van der Waals surface area contributed by atoms with Gasteiger partial charge in [0.25, 0.3) is 0 Å². The van der Waals surface area contributed by atoms with Crippen molar-refractivity contribution >= 4 is 0 Å². The molecule has 3 nitrogen and oxygen atoms in total. The van der Waals surface area contributed by atoms with E-state index in [4.69, 9.17) is 0 Å². The first kappa shape index (κ1) is 15.5. The molecule has 1 fully saturated rings. The van der Waals surface area contributed by atoms with Crippen LogP contribution >= 0.6 is 0 Å². The Morgan fingerprint density at radius 1 is 1.40 bits per heavy atom. The van der Waals surface area contributed by atoms with E-state index in [1.54, 1.807) is 0 Å². The van der Waals surface area contributed by atoms with E-state index in [9.17, 15) is 5.11 Å². The number of aliphatic hydroxyl groups is 1. The van der Waals surface area contributed by atoms with Gasteiger partial charge in [0.05, 0.1) is 0 Å². The summed E-state index contributed by atoms with van der Waals surface area (Å²) >= 11 is 0. The number of hydrogen-bond donors (Lipinski definition) is 2. The molecule has 2 rings (SSSR count). The van der Waals surface area contributed by atoms with Crippen molar-refractivity contribution in [1.82, 2.24) is 10.3 Å². The quantitative estimate of drug-likeness (QED) is 0.805. The van der Waals surface area contributed by atoms with Crippen LogP contribution in [0.5, 0.6) is 0 Å². The Morgan fingerprint density at radius 3 is 3.00 bits per heavy atom. The molecule has 0 radical (unpaired) electrons. The van der Waals surface area contributed by atoms with Crippen molar-refractivity contribution in [3.05, 3.63) is 30.1 Å². The van der Waals surface area contributed by atoms with Gasteiger partial charge in [-0.25, -0.2) is 0 Å². The molecule has 2 N–H and O–H groups in total. The molecule has 0 spiro atoms. The average molecular weight is 276 g/mol.